The maximum atomic E-state index is 11.6. The third-order valence-corrected chi connectivity index (χ3v) is 3.44. The van der Waals surface area contributed by atoms with E-state index in [-0.39, 0.29) is 12.5 Å². The second kappa shape index (κ2) is 8.58. The molecule has 0 spiro atoms. The predicted octanol–water partition coefficient (Wildman–Crippen LogP) is 1.53. The minimum absolute atomic E-state index is 0.00762. The lowest BCUT2D eigenvalue weighted by Gasteiger charge is -2.14. The maximum Gasteiger partial charge on any atom is 0.243 e. The fourth-order valence-corrected chi connectivity index (χ4v) is 1.99. The number of thiophene rings is 1. The molecule has 1 aromatic heterocycles. The Bertz CT molecular complexity index is 426. The lowest BCUT2D eigenvalue weighted by atomic mass is 10.2. The van der Waals surface area contributed by atoms with Crippen LogP contribution in [0.25, 0.3) is 0 Å². The number of aliphatic imine (C=N–C) groups is 1. The Labute approximate surface area is 125 Å². The maximum absolute atomic E-state index is 11.6. The van der Waals surface area contributed by atoms with Crippen molar-refractivity contribution in [3.63, 3.8) is 0 Å². The first kappa shape index (κ1) is 16.5. The zero-order chi connectivity index (χ0) is 15.0. The number of carbonyl (C=O) groups is 1. The van der Waals surface area contributed by atoms with Crippen LogP contribution in [0.2, 0.25) is 0 Å². The largest absolute Gasteiger partial charge is 0.356 e. The lowest BCUT2D eigenvalue weighted by molar-refractivity contribution is -0.127. The van der Waals surface area contributed by atoms with Crippen LogP contribution in [0.15, 0.2) is 22.5 Å². The van der Waals surface area contributed by atoms with E-state index in [0.717, 1.165) is 13.1 Å². The number of guanidine groups is 1. The Morgan fingerprint density at radius 1 is 1.40 bits per heavy atom. The molecule has 20 heavy (non-hydrogen) atoms. The van der Waals surface area contributed by atoms with Crippen molar-refractivity contribution in [2.24, 2.45) is 10.9 Å². The van der Waals surface area contributed by atoms with Crippen LogP contribution in [-0.2, 0) is 11.3 Å². The van der Waals surface area contributed by atoms with Crippen molar-refractivity contribution in [1.29, 1.82) is 0 Å². The zero-order valence-electron chi connectivity index (χ0n) is 12.6. The van der Waals surface area contributed by atoms with E-state index in [1.165, 1.54) is 4.88 Å². The molecule has 0 aliphatic heterocycles. The summed E-state index contributed by atoms with van der Waals surface area (Å²) in [7, 11) is 3.47. The van der Waals surface area contributed by atoms with Crippen molar-refractivity contribution < 1.29 is 4.79 Å². The van der Waals surface area contributed by atoms with Crippen molar-refractivity contribution >= 4 is 23.2 Å². The highest BCUT2D eigenvalue weighted by molar-refractivity contribution is 7.09. The minimum Gasteiger partial charge on any atom is -0.356 e. The fraction of sp³-hybridized carbons (Fsp3) is 0.571. The summed E-state index contributed by atoms with van der Waals surface area (Å²) in [6.07, 6.45) is 0. The fourth-order valence-electron chi connectivity index (χ4n) is 1.35. The van der Waals surface area contributed by atoms with Gasteiger partial charge in [0.25, 0.3) is 0 Å². The van der Waals surface area contributed by atoms with Gasteiger partial charge in [-0.05, 0) is 17.4 Å². The molecule has 0 radical (unpaired) electrons. The summed E-state index contributed by atoms with van der Waals surface area (Å²) in [4.78, 5) is 18.7. The highest BCUT2D eigenvalue weighted by atomic mass is 32.1. The number of amides is 1. The van der Waals surface area contributed by atoms with E-state index < -0.39 is 0 Å². The number of rotatable bonds is 6. The van der Waals surface area contributed by atoms with Crippen LogP contribution in [0.1, 0.15) is 18.7 Å². The van der Waals surface area contributed by atoms with Gasteiger partial charge in [0.2, 0.25) is 5.91 Å². The summed E-state index contributed by atoms with van der Waals surface area (Å²) in [5.41, 5.74) is 0. The van der Waals surface area contributed by atoms with Gasteiger partial charge < -0.3 is 15.5 Å². The van der Waals surface area contributed by atoms with E-state index in [0.29, 0.717) is 11.9 Å². The molecule has 0 fully saturated rings. The zero-order valence-corrected chi connectivity index (χ0v) is 13.5. The highest BCUT2D eigenvalue weighted by Gasteiger charge is 2.05. The Kier molecular flexibility index (Phi) is 7.08. The first-order chi connectivity index (χ1) is 9.49. The average Bonchev–Trinajstić information content (AvgIpc) is 2.90. The summed E-state index contributed by atoms with van der Waals surface area (Å²) in [5, 5.41) is 8.55. The number of hydrogen-bond donors (Lipinski definition) is 2. The molecule has 0 saturated heterocycles. The number of nitrogens with one attached hydrogen (secondary N) is 2. The molecule has 1 rings (SSSR count). The molecule has 1 amide bonds. The van der Waals surface area contributed by atoms with Crippen LogP contribution in [0.5, 0.6) is 0 Å². The Morgan fingerprint density at radius 2 is 2.15 bits per heavy atom. The van der Waals surface area contributed by atoms with Crippen LogP contribution in [-0.4, -0.2) is 44.0 Å². The number of carbonyl (C=O) groups excluding carboxylic acids is 1. The quantitative estimate of drug-likeness (QED) is 0.618. The topological polar surface area (TPSA) is 56.7 Å². The molecule has 1 aromatic rings. The van der Waals surface area contributed by atoms with Gasteiger partial charge in [0.1, 0.15) is 6.54 Å². The molecule has 0 unspecified atom stereocenters. The lowest BCUT2D eigenvalue weighted by Crippen LogP contribution is -2.39. The molecule has 6 heteroatoms. The van der Waals surface area contributed by atoms with Gasteiger partial charge in [-0.15, -0.1) is 11.3 Å². The molecule has 0 aromatic carbocycles. The summed E-state index contributed by atoms with van der Waals surface area (Å²) >= 11 is 1.70. The molecular formula is C14H24N4OS. The summed E-state index contributed by atoms with van der Waals surface area (Å²) in [6, 6.07) is 4.10. The van der Waals surface area contributed by atoms with Crippen LogP contribution in [0.4, 0.5) is 0 Å². The van der Waals surface area contributed by atoms with Crippen molar-refractivity contribution in [3.05, 3.63) is 22.4 Å². The SMILES string of the molecule is CC(C)CNC(=NCC(=O)N(C)C)NCc1cccs1. The van der Waals surface area contributed by atoms with Gasteiger partial charge in [-0.2, -0.15) is 0 Å². The summed E-state index contributed by atoms with van der Waals surface area (Å²) in [5.74, 6) is 1.20. The third kappa shape index (κ3) is 6.56. The monoisotopic (exact) mass is 296 g/mol. The Balaban J connectivity index is 2.54. The summed E-state index contributed by atoms with van der Waals surface area (Å²) < 4.78 is 0. The minimum atomic E-state index is -0.00762. The van der Waals surface area contributed by atoms with E-state index >= 15 is 0 Å². The standard InChI is InChI=1S/C14H24N4OS/c1-11(2)8-15-14(17-10-13(19)18(3)4)16-9-12-6-5-7-20-12/h5-7,11H,8-10H2,1-4H3,(H2,15,16,17). The predicted molar refractivity (Wildman–Crippen MR) is 85.0 cm³/mol. The van der Waals surface area contributed by atoms with E-state index in [4.69, 9.17) is 0 Å². The number of likely N-dealkylation sites (N-methyl/N-ethyl adjacent to an activating group) is 1. The molecule has 5 nitrogen and oxygen atoms in total. The highest BCUT2D eigenvalue weighted by Crippen LogP contribution is 2.07. The molecule has 2 N–H and O–H groups in total. The van der Waals surface area contributed by atoms with Gasteiger partial charge in [0.15, 0.2) is 5.96 Å². The summed E-state index contributed by atoms with van der Waals surface area (Å²) in [6.45, 7) is 5.97. The van der Waals surface area contributed by atoms with E-state index in [1.807, 2.05) is 11.4 Å². The molecule has 0 bridgehead atoms. The van der Waals surface area contributed by atoms with Crippen LogP contribution >= 0.6 is 11.3 Å². The van der Waals surface area contributed by atoms with Gasteiger partial charge in [0.05, 0.1) is 6.54 Å². The molecule has 1 heterocycles. The first-order valence-electron chi connectivity index (χ1n) is 6.73. The molecule has 0 aliphatic rings. The Hall–Kier alpha value is -1.56. The Morgan fingerprint density at radius 3 is 2.70 bits per heavy atom. The van der Waals surface area contributed by atoms with Gasteiger partial charge in [-0.1, -0.05) is 19.9 Å². The van der Waals surface area contributed by atoms with Crippen molar-refractivity contribution in [2.45, 2.75) is 20.4 Å². The van der Waals surface area contributed by atoms with Crippen molar-refractivity contribution in [1.82, 2.24) is 15.5 Å². The van der Waals surface area contributed by atoms with E-state index in [9.17, 15) is 4.79 Å². The molecule has 0 aliphatic carbocycles. The van der Waals surface area contributed by atoms with Crippen LogP contribution < -0.4 is 10.6 Å². The van der Waals surface area contributed by atoms with Gasteiger partial charge >= 0.3 is 0 Å². The van der Waals surface area contributed by atoms with E-state index in [2.05, 4.69) is 35.5 Å². The molecule has 0 saturated carbocycles. The number of hydrogen-bond acceptors (Lipinski definition) is 3. The third-order valence-electron chi connectivity index (χ3n) is 2.56. The number of nitrogens with zero attached hydrogens (tertiary/aromatic N) is 2. The van der Waals surface area contributed by atoms with Crippen molar-refractivity contribution in [2.75, 3.05) is 27.2 Å². The molecule has 0 atom stereocenters. The van der Waals surface area contributed by atoms with Crippen LogP contribution in [0.3, 0.4) is 0 Å². The normalized spacial score (nSPS) is 11.6. The second-order valence-corrected chi connectivity index (χ2v) is 6.19. The molecular weight excluding hydrogens is 272 g/mol. The van der Waals surface area contributed by atoms with Crippen LogP contribution in [0, 0.1) is 5.92 Å². The first-order valence-corrected chi connectivity index (χ1v) is 7.61. The smallest absolute Gasteiger partial charge is 0.243 e. The van der Waals surface area contributed by atoms with Gasteiger partial charge in [-0.25, -0.2) is 4.99 Å². The average molecular weight is 296 g/mol. The van der Waals surface area contributed by atoms with Gasteiger partial charge in [-0.3, -0.25) is 4.79 Å². The van der Waals surface area contributed by atoms with Gasteiger partial charge in [0, 0.05) is 25.5 Å². The molecule has 112 valence electrons. The second-order valence-electron chi connectivity index (χ2n) is 5.16. The van der Waals surface area contributed by atoms with E-state index in [1.54, 1.807) is 30.3 Å². The van der Waals surface area contributed by atoms with Crippen molar-refractivity contribution in [3.8, 4) is 0 Å².